The Kier molecular flexibility index (Phi) is 8.42. The molecule has 1 unspecified atom stereocenters. The van der Waals surface area contributed by atoms with Crippen LogP contribution in [0, 0.1) is 5.92 Å². The Balaban J connectivity index is 1.51. The fourth-order valence-electron chi connectivity index (χ4n) is 5.73. The summed E-state index contributed by atoms with van der Waals surface area (Å²) in [6.07, 6.45) is -1.68. The van der Waals surface area contributed by atoms with E-state index < -0.39 is 27.6 Å². The maximum Gasteiger partial charge on any atom is 0.416 e. The molecule has 0 radical (unpaired) electrons. The van der Waals surface area contributed by atoms with Gasteiger partial charge in [0, 0.05) is 30.4 Å². The Bertz CT molecular complexity index is 1200. The lowest BCUT2D eigenvalue weighted by atomic mass is 9.81. The van der Waals surface area contributed by atoms with Crippen LogP contribution >= 0.6 is 0 Å². The van der Waals surface area contributed by atoms with E-state index in [2.05, 4.69) is 31.1 Å². The summed E-state index contributed by atoms with van der Waals surface area (Å²) in [6, 6.07) is 12.8. The molecule has 208 valence electrons. The molecule has 2 aromatic carbocycles. The van der Waals surface area contributed by atoms with E-state index in [1.807, 2.05) is 0 Å². The number of benzene rings is 2. The third-order valence-corrected chi connectivity index (χ3v) is 9.89. The molecule has 0 spiro atoms. The third-order valence-electron chi connectivity index (χ3n) is 8.03. The van der Waals surface area contributed by atoms with Gasteiger partial charge in [-0.15, -0.1) is 0 Å². The summed E-state index contributed by atoms with van der Waals surface area (Å²) in [4.78, 5) is 17.8. The zero-order chi connectivity index (χ0) is 27.7. The summed E-state index contributed by atoms with van der Waals surface area (Å²) >= 11 is 0. The number of carbonyl (C=O) groups is 1. The van der Waals surface area contributed by atoms with Gasteiger partial charge in [0.25, 0.3) is 0 Å². The Morgan fingerprint density at radius 2 is 1.68 bits per heavy atom. The highest BCUT2D eigenvalue weighted by Gasteiger charge is 2.44. The van der Waals surface area contributed by atoms with Crippen molar-refractivity contribution in [3.63, 3.8) is 0 Å². The number of likely N-dealkylation sites (tertiary alicyclic amines) is 1. The highest BCUT2D eigenvalue weighted by molar-refractivity contribution is 7.91. The van der Waals surface area contributed by atoms with E-state index in [1.54, 1.807) is 35.2 Å². The van der Waals surface area contributed by atoms with Crippen LogP contribution in [0.4, 0.5) is 18.9 Å². The second kappa shape index (κ2) is 11.3. The van der Waals surface area contributed by atoms with E-state index in [4.69, 9.17) is 0 Å². The van der Waals surface area contributed by atoms with Crippen LogP contribution in [0.3, 0.4) is 0 Å². The van der Waals surface area contributed by atoms with E-state index in [1.165, 1.54) is 12.1 Å². The van der Waals surface area contributed by atoms with Crippen molar-refractivity contribution in [3.8, 4) is 0 Å². The maximum atomic E-state index is 13.5. The van der Waals surface area contributed by atoms with Gasteiger partial charge in [0.15, 0.2) is 9.84 Å². The molecule has 2 aliphatic rings. The average molecular weight is 552 g/mol. The number of nitrogens with one attached hydrogen (secondary N) is 1. The van der Waals surface area contributed by atoms with Gasteiger partial charge in [-0.3, -0.25) is 4.79 Å². The Morgan fingerprint density at radius 3 is 2.29 bits per heavy atom. The molecule has 38 heavy (non-hydrogen) atoms. The van der Waals surface area contributed by atoms with Crippen molar-refractivity contribution < 1.29 is 26.4 Å². The molecule has 1 N–H and O–H groups in total. The Morgan fingerprint density at radius 1 is 1.03 bits per heavy atom. The summed E-state index contributed by atoms with van der Waals surface area (Å²) in [5.41, 5.74) is -0.295. The molecule has 1 saturated carbocycles. The minimum Gasteiger partial charge on any atom is -0.374 e. The lowest BCUT2D eigenvalue weighted by Gasteiger charge is -2.44. The number of carbonyl (C=O) groups excluding carboxylic acids is 1. The molecular weight excluding hydrogens is 515 g/mol. The number of halogens is 3. The van der Waals surface area contributed by atoms with Crippen molar-refractivity contribution in [2.75, 3.05) is 24.7 Å². The van der Waals surface area contributed by atoms with Crippen LogP contribution in [0.25, 0.3) is 0 Å². The minimum atomic E-state index is -4.42. The van der Waals surface area contributed by atoms with Gasteiger partial charge in [0.1, 0.15) is 6.04 Å². The lowest BCUT2D eigenvalue weighted by molar-refractivity contribution is -0.137. The van der Waals surface area contributed by atoms with Crippen LogP contribution in [-0.2, 0) is 20.8 Å². The molecule has 1 aliphatic carbocycles. The van der Waals surface area contributed by atoms with E-state index in [0.717, 1.165) is 18.6 Å². The number of anilines is 1. The van der Waals surface area contributed by atoms with Gasteiger partial charge in [-0.25, -0.2) is 8.42 Å². The monoisotopic (exact) mass is 551 g/mol. The quantitative estimate of drug-likeness (QED) is 0.496. The van der Waals surface area contributed by atoms with Gasteiger partial charge in [-0.05, 0) is 88.9 Å². The predicted molar refractivity (Wildman–Crippen MR) is 141 cm³/mol. The highest BCUT2D eigenvalue weighted by Crippen LogP contribution is 2.36. The summed E-state index contributed by atoms with van der Waals surface area (Å²) in [6.45, 7) is 4.71. The summed E-state index contributed by atoms with van der Waals surface area (Å²) in [5, 5.41) is 3.08. The number of sulfone groups is 1. The van der Waals surface area contributed by atoms with Crippen LogP contribution < -0.4 is 5.32 Å². The molecule has 10 heteroatoms. The molecule has 6 nitrogen and oxygen atoms in total. The molecule has 1 amide bonds. The molecule has 1 saturated heterocycles. The molecule has 1 aliphatic heterocycles. The van der Waals surface area contributed by atoms with Gasteiger partial charge in [-0.2, -0.15) is 13.2 Å². The molecular formula is C28H36F3N3O3S. The van der Waals surface area contributed by atoms with Crippen LogP contribution in [0.5, 0.6) is 0 Å². The smallest absolute Gasteiger partial charge is 0.374 e. The zero-order valence-electron chi connectivity index (χ0n) is 22.0. The van der Waals surface area contributed by atoms with Gasteiger partial charge >= 0.3 is 6.18 Å². The van der Waals surface area contributed by atoms with Crippen LogP contribution in [0.15, 0.2) is 59.5 Å². The van der Waals surface area contributed by atoms with Crippen LogP contribution in [0.1, 0.15) is 45.1 Å². The first kappa shape index (κ1) is 28.4. The topological polar surface area (TPSA) is 69.7 Å². The van der Waals surface area contributed by atoms with Crippen LogP contribution in [0.2, 0.25) is 0 Å². The summed E-state index contributed by atoms with van der Waals surface area (Å²) in [5.74, 6) is -0.396. The van der Waals surface area contributed by atoms with E-state index in [0.29, 0.717) is 37.5 Å². The number of nitrogens with zero attached hydrogens (tertiary/aromatic N) is 2. The van der Waals surface area contributed by atoms with Crippen molar-refractivity contribution in [1.29, 1.82) is 0 Å². The Labute approximate surface area is 223 Å². The minimum absolute atomic E-state index is 0.0368. The first-order chi connectivity index (χ1) is 17.9. The lowest BCUT2D eigenvalue weighted by Crippen LogP contribution is -2.52. The van der Waals surface area contributed by atoms with Crippen molar-refractivity contribution >= 4 is 21.4 Å². The number of alkyl halides is 3. The number of amides is 1. The first-order valence-corrected chi connectivity index (χ1v) is 14.8. The molecule has 4 atom stereocenters. The number of rotatable bonds is 8. The second-order valence-electron chi connectivity index (χ2n) is 10.7. The molecule has 0 aromatic heterocycles. The van der Waals surface area contributed by atoms with Gasteiger partial charge < -0.3 is 15.1 Å². The SMILES string of the molecule is CC(C)N(C)[C@@H]1CC[C@H](N2CCC(Nc3ccc(C(F)(F)F)cc3)C2=O)[C@H](CS(=O)(=O)c2ccccc2)C1. The molecule has 0 bridgehead atoms. The zero-order valence-corrected chi connectivity index (χ0v) is 22.8. The third kappa shape index (κ3) is 6.34. The Hall–Kier alpha value is -2.59. The summed E-state index contributed by atoms with van der Waals surface area (Å²) < 4.78 is 65.4. The fourth-order valence-corrected chi connectivity index (χ4v) is 7.42. The normalized spacial score (nSPS) is 24.8. The van der Waals surface area contributed by atoms with Crippen molar-refractivity contribution in [2.24, 2.45) is 5.92 Å². The fraction of sp³-hybridized carbons (Fsp3) is 0.536. The second-order valence-corrected chi connectivity index (χ2v) is 12.8. The van der Waals surface area contributed by atoms with E-state index >= 15 is 0 Å². The molecule has 2 fully saturated rings. The predicted octanol–water partition coefficient (Wildman–Crippen LogP) is 5.07. The van der Waals surface area contributed by atoms with Crippen LogP contribution in [-0.4, -0.2) is 67.6 Å². The highest BCUT2D eigenvalue weighted by atomic mass is 32.2. The molecule has 1 heterocycles. The standard InChI is InChI=1S/C28H36F3N3O3S/c1-19(2)33(3)23-13-14-26(20(17-23)18-38(36,37)24-7-5-4-6-8-24)34-16-15-25(27(34)35)32-22-11-9-21(10-12-22)28(29,30)31/h4-12,19-20,23,25-26,32H,13-18H2,1-3H3/t20-,23+,25?,26-/m0/s1. The van der Waals surface area contributed by atoms with Crippen molar-refractivity contribution in [2.45, 2.75) is 74.8 Å². The van der Waals surface area contributed by atoms with Gasteiger partial charge in [0.05, 0.1) is 16.2 Å². The first-order valence-electron chi connectivity index (χ1n) is 13.1. The number of hydrogen-bond acceptors (Lipinski definition) is 5. The van der Waals surface area contributed by atoms with E-state index in [9.17, 15) is 26.4 Å². The largest absolute Gasteiger partial charge is 0.416 e. The molecule has 4 rings (SSSR count). The summed E-state index contributed by atoms with van der Waals surface area (Å²) in [7, 11) is -1.49. The maximum absolute atomic E-state index is 13.5. The number of hydrogen-bond donors (Lipinski definition) is 1. The molecule has 2 aromatic rings. The van der Waals surface area contributed by atoms with Gasteiger partial charge in [0.2, 0.25) is 5.91 Å². The van der Waals surface area contributed by atoms with Crippen molar-refractivity contribution in [1.82, 2.24) is 9.80 Å². The van der Waals surface area contributed by atoms with Crippen molar-refractivity contribution in [3.05, 3.63) is 60.2 Å². The average Bonchev–Trinajstić information content (AvgIpc) is 3.23. The van der Waals surface area contributed by atoms with Gasteiger partial charge in [-0.1, -0.05) is 18.2 Å². The van der Waals surface area contributed by atoms with E-state index in [-0.39, 0.29) is 34.6 Å².